The Morgan fingerprint density at radius 2 is 1.80 bits per heavy atom. The van der Waals surface area contributed by atoms with E-state index in [1.165, 1.54) is 63.7 Å². The van der Waals surface area contributed by atoms with E-state index in [0.29, 0.717) is 0 Å². The van der Waals surface area contributed by atoms with Gasteiger partial charge in [-0.1, -0.05) is 81.1 Å². The van der Waals surface area contributed by atoms with Crippen molar-refractivity contribution in [1.29, 1.82) is 0 Å². The quantitative estimate of drug-likeness (QED) is 0.278. The van der Waals surface area contributed by atoms with Gasteiger partial charge in [-0.15, -0.1) is 0 Å². The third-order valence-electron chi connectivity index (χ3n) is 4.49. The molecular formula is C24H37N. The van der Waals surface area contributed by atoms with E-state index < -0.39 is 0 Å². The van der Waals surface area contributed by atoms with Crippen LogP contribution in [0.15, 0.2) is 67.3 Å². The van der Waals surface area contributed by atoms with Crippen molar-refractivity contribution in [3.05, 3.63) is 72.9 Å². The first kappa shape index (κ1) is 21.4. The van der Waals surface area contributed by atoms with Crippen LogP contribution in [0.5, 0.6) is 0 Å². The maximum absolute atomic E-state index is 3.67. The molecule has 0 N–H and O–H groups in total. The van der Waals surface area contributed by atoms with Gasteiger partial charge < -0.3 is 4.90 Å². The highest BCUT2D eigenvalue weighted by molar-refractivity contribution is 5.15. The Morgan fingerprint density at radius 3 is 2.52 bits per heavy atom. The summed E-state index contributed by atoms with van der Waals surface area (Å²) in [7, 11) is 0. The minimum Gasteiger partial charge on any atom is -0.303 e. The molecule has 25 heavy (non-hydrogen) atoms. The lowest BCUT2D eigenvalue weighted by atomic mass is 9.98. The first-order valence-corrected chi connectivity index (χ1v) is 9.96. The van der Waals surface area contributed by atoms with Gasteiger partial charge in [0, 0.05) is 0 Å². The van der Waals surface area contributed by atoms with Crippen LogP contribution < -0.4 is 0 Å². The van der Waals surface area contributed by atoms with Gasteiger partial charge in [0.1, 0.15) is 0 Å². The summed E-state index contributed by atoms with van der Waals surface area (Å²) in [6, 6.07) is 10.9. The van der Waals surface area contributed by atoms with Crippen molar-refractivity contribution in [2.75, 3.05) is 19.6 Å². The van der Waals surface area contributed by atoms with Gasteiger partial charge in [-0.25, -0.2) is 0 Å². The van der Waals surface area contributed by atoms with Crippen molar-refractivity contribution in [1.82, 2.24) is 4.90 Å². The Bertz CT molecular complexity index is 486. The van der Waals surface area contributed by atoms with E-state index in [9.17, 15) is 0 Å². The highest BCUT2D eigenvalue weighted by Crippen LogP contribution is 2.13. The van der Waals surface area contributed by atoms with Crippen molar-refractivity contribution in [2.45, 2.75) is 52.4 Å². The molecule has 0 saturated heterocycles. The van der Waals surface area contributed by atoms with Crippen molar-refractivity contribution in [2.24, 2.45) is 5.92 Å². The smallest absolute Gasteiger partial charge is 0.00161 e. The number of hydrogen-bond donors (Lipinski definition) is 0. The number of benzene rings is 1. The summed E-state index contributed by atoms with van der Waals surface area (Å²) in [5.41, 5.74) is 1.47. The number of rotatable bonds is 14. The maximum atomic E-state index is 3.67. The zero-order valence-corrected chi connectivity index (χ0v) is 16.4. The van der Waals surface area contributed by atoms with Crippen LogP contribution >= 0.6 is 0 Å². The van der Waals surface area contributed by atoms with Crippen LogP contribution in [0.3, 0.4) is 0 Å². The molecule has 1 heteroatoms. The molecule has 0 aromatic heterocycles. The maximum Gasteiger partial charge on any atom is -0.00161 e. The summed E-state index contributed by atoms with van der Waals surface area (Å²) in [6.45, 7) is 12.1. The molecule has 1 aromatic carbocycles. The minimum atomic E-state index is 0.751. The van der Waals surface area contributed by atoms with E-state index in [1.807, 2.05) is 18.2 Å². The molecular weight excluding hydrogens is 302 g/mol. The van der Waals surface area contributed by atoms with Gasteiger partial charge in [-0.2, -0.15) is 0 Å². The third kappa shape index (κ3) is 11.6. The SMILES string of the molecule is C=C/C=C\C=C/CCCCN(CCC)CCC(C)Cc1ccccc1. The zero-order chi connectivity index (χ0) is 18.2. The topological polar surface area (TPSA) is 3.24 Å². The van der Waals surface area contributed by atoms with Gasteiger partial charge in [0.25, 0.3) is 0 Å². The Labute approximate surface area is 156 Å². The zero-order valence-electron chi connectivity index (χ0n) is 16.4. The molecule has 0 bridgehead atoms. The van der Waals surface area contributed by atoms with Crippen LogP contribution in [-0.2, 0) is 6.42 Å². The van der Waals surface area contributed by atoms with E-state index in [2.05, 4.69) is 67.8 Å². The standard InChI is InChI=1S/C24H37N/c1-4-6-7-8-9-10-11-15-20-25(19-5-2)21-18-23(3)22-24-16-13-12-14-17-24/h4,6-9,12-14,16-17,23H,1,5,10-11,15,18-22H2,2-3H3/b7-6-,9-8-. The minimum absolute atomic E-state index is 0.751. The summed E-state index contributed by atoms with van der Waals surface area (Å²) in [6.07, 6.45) is 17.7. The van der Waals surface area contributed by atoms with Gasteiger partial charge in [-0.3, -0.25) is 0 Å². The monoisotopic (exact) mass is 339 g/mol. The Balaban J connectivity index is 2.21. The second-order valence-corrected chi connectivity index (χ2v) is 6.97. The number of unbranched alkanes of at least 4 members (excludes halogenated alkanes) is 2. The molecule has 0 fully saturated rings. The lowest BCUT2D eigenvalue weighted by Gasteiger charge is -2.23. The Kier molecular flexibility index (Phi) is 12.6. The Morgan fingerprint density at radius 1 is 1.00 bits per heavy atom. The highest BCUT2D eigenvalue weighted by atomic mass is 15.1. The van der Waals surface area contributed by atoms with Crippen LogP contribution in [0.25, 0.3) is 0 Å². The van der Waals surface area contributed by atoms with E-state index in [4.69, 9.17) is 0 Å². The number of allylic oxidation sites excluding steroid dienone is 5. The van der Waals surface area contributed by atoms with Crippen LogP contribution in [0, 0.1) is 5.92 Å². The van der Waals surface area contributed by atoms with Crippen molar-refractivity contribution in [3.63, 3.8) is 0 Å². The number of nitrogens with zero attached hydrogens (tertiary/aromatic N) is 1. The fourth-order valence-corrected chi connectivity index (χ4v) is 3.09. The molecule has 0 aliphatic carbocycles. The van der Waals surface area contributed by atoms with Gasteiger partial charge in [0.2, 0.25) is 0 Å². The fourth-order valence-electron chi connectivity index (χ4n) is 3.09. The predicted molar refractivity (Wildman–Crippen MR) is 113 cm³/mol. The average Bonchev–Trinajstić information content (AvgIpc) is 2.62. The van der Waals surface area contributed by atoms with Crippen LogP contribution in [0.2, 0.25) is 0 Å². The first-order valence-electron chi connectivity index (χ1n) is 9.96. The predicted octanol–water partition coefficient (Wildman–Crippen LogP) is 6.44. The molecule has 0 saturated carbocycles. The third-order valence-corrected chi connectivity index (χ3v) is 4.49. The lowest BCUT2D eigenvalue weighted by molar-refractivity contribution is 0.250. The molecule has 0 spiro atoms. The molecule has 1 unspecified atom stereocenters. The fraction of sp³-hybridized carbons (Fsp3) is 0.500. The van der Waals surface area contributed by atoms with E-state index in [1.54, 1.807) is 0 Å². The molecule has 0 aliphatic rings. The second-order valence-electron chi connectivity index (χ2n) is 6.97. The Hall–Kier alpha value is -1.60. The summed E-state index contributed by atoms with van der Waals surface area (Å²) < 4.78 is 0. The largest absolute Gasteiger partial charge is 0.303 e. The summed E-state index contributed by atoms with van der Waals surface area (Å²) in [5, 5.41) is 0. The van der Waals surface area contributed by atoms with Crippen LogP contribution in [-0.4, -0.2) is 24.5 Å². The van der Waals surface area contributed by atoms with Crippen LogP contribution in [0.1, 0.15) is 51.5 Å². The second kappa shape index (κ2) is 14.7. The van der Waals surface area contributed by atoms with E-state index in [0.717, 1.165) is 5.92 Å². The highest BCUT2D eigenvalue weighted by Gasteiger charge is 2.08. The lowest BCUT2D eigenvalue weighted by Crippen LogP contribution is -2.28. The molecule has 0 aliphatic heterocycles. The van der Waals surface area contributed by atoms with E-state index >= 15 is 0 Å². The summed E-state index contributed by atoms with van der Waals surface area (Å²) in [4.78, 5) is 2.66. The molecule has 138 valence electrons. The normalized spacial score (nSPS) is 13.1. The molecule has 1 nitrogen and oxygen atoms in total. The number of hydrogen-bond acceptors (Lipinski definition) is 1. The van der Waals surface area contributed by atoms with Gasteiger partial charge in [0.05, 0.1) is 0 Å². The van der Waals surface area contributed by atoms with Crippen molar-refractivity contribution in [3.8, 4) is 0 Å². The first-order chi connectivity index (χ1) is 12.3. The molecule has 0 amide bonds. The van der Waals surface area contributed by atoms with Crippen LogP contribution in [0.4, 0.5) is 0 Å². The summed E-state index contributed by atoms with van der Waals surface area (Å²) in [5.74, 6) is 0.751. The van der Waals surface area contributed by atoms with Crippen molar-refractivity contribution >= 4 is 0 Å². The average molecular weight is 340 g/mol. The van der Waals surface area contributed by atoms with Gasteiger partial charge in [-0.05, 0) is 69.6 Å². The van der Waals surface area contributed by atoms with Crippen molar-refractivity contribution < 1.29 is 0 Å². The molecule has 1 rings (SSSR count). The summed E-state index contributed by atoms with van der Waals surface area (Å²) >= 11 is 0. The van der Waals surface area contributed by atoms with E-state index in [-0.39, 0.29) is 0 Å². The van der Waals surface area contributed by atoms with Gasteiger partial charge in [0.15, 0.2) is 0 Å². The van der Waals surface area contributed by atoms with Gasteiger partial charge >= 0.3 is 0 Å². The molecule has 0 heterocycles. The molecule has 0 radical (unpaired) electrons. The molecule has 1 atom stereocenters. The molecule has 1 aromatic rings.